The molecule has 0 radical (unpaired) electrons. The number of aryl methyl sites for hydroxylation is 1. The predicted molar refractivity (Wildman–Crippen MR) is 82.9 cm³/mol. The molecule has 0 aliphatic rings. The Hall–Kier alpha value is -0.580. The van der Waals surface area contributed by atoms with Crippen molar-refractivity contribution in [1.29, 1.82) is 0 Å². The maximum absolute atomic E-state index is 12.7. The molecule has 0 fully saturated rings. The van der Waals surface area contributed by atoms with E-state index in [1.807, 2.05) is 0 Å². The molecule has 0 atom stereocenters. The molecule has 0 unspecified atom stereocenters. The first kappa shape index (κ1) is 19.7. The smallest absolute Gasteiger partial charge is 0.222 e. The van der Waals surface area contributed by atoms with E-state index in [1.54, 1.807) is 0 Å². The zero-order valence-electron chi connectivity index (χ0n) is 11.4. The molecule has 1 aromatic heterocycles. The number of thioether (sulfide) groups is 1. The zero-order valence-corrected chi connectivity index (χ0v) is 15.3. The molecule has 12 heteroatoms. The zero-order chi connectivity index (χ0) is 18.4. The largest absolute Gasteiger partial charge is 0.446 e. The van der Waals surface area contributed by atoms with Gasteiger partial charge in [0.15, 0.2) is 0 Å². The van der Waals surface area contributed by atoms with E-state index in [0.717, 1.165) is 4.68 Å². The number of rotatable bonds is 2. The lowest BCUT2D eigenvalue weighted by atomic mass is 10.2. The SMILES string of the molecule is Cc1nn(-c2c(Cl)cc(C(F)(F)F)cc2Cl)c(Br)c1SC(F)(F)F. The van der Waals surface area contributed by atoms with Crippen molar-refractivity contribution < 1.29 is 26.3 Å². The molecular formula is C12H5BrCl2F6N2S. The Labute approximate surface area is 154 Å². The Bertz CT molecular complexity index is 764. The van der Waals surface area contributed by atoms with Gasteiger partial charge in [-0.1, -0.05) is 23.2 Å². The Morgan fingerprint density at radius 3 is 2.00 bits per heavy atom. The van der Waals surface area contributed by atoms with Crippen LogP contribution in [-0.4, -0.2) is 15.3 Å². The van der Waals surface area contributed by atoms with E-state index >= 15 is 0 Å². The summed E-state index contributed by atoms with van der Waals surface area (Å²) in [7, 11) is 0. The number of hydrogen-bond donors (Lipinski definition) is 0. The van der Waals surface area contributed by atoms with E-state index in [4.69, 9.17) is 23.2 Å². The summed E-state index contributed by atoms with van der Waals surface area (Å²) in [6.07, 6.45) is -4.67. The standard InChI is InChI=1S/C12H5BrCl2F6N2S/c1-4-9(24-12(19,20)21)10(13)23(22-4)8-6(14)2-5(3-7(8)15)11(16,17)18/h2-3H,1H3. The van der Waals surface area contributed by atoms with Gasteiger partial charge in [-0.15, -0.1) is 0 Å². The minimum absolute atomic E-state index is 0.0104. The van der Waals surface area contributed by atoms with E-state index in [-0.39, 0.29) is 20.9 Å². The Kier molecular flexibility index (Phi) is 5.44. The summed E-state index contributed by atoms with van der Waals surface area (Å²) in [4.78, 5) is -0.241. The highest BCUT2D eigenvalue weighted by Gasteiger charge is 2.35. The van der Waals surface area contributed by atoms with Crippen LogP contribution in [0.4, 0.5) is 26.3 Å². The molecule has 2 rings (SSSR count). The molecule has 2 aromatic rings. The summed E-state index contributed by atoms with van der Waals surface area (Å²) >= 11 is 14.2. The van der Waals surface area contributed by atoms with Crippen LogP contribution in [0.1, 0.15) is 11.3 Å². The molecule has 2 nitrogen and oxygen atoms in total. The first-order chi connectivity index (χ1) is 10.8. The van der Waals surface area contributed by atoms with Gasteiger partial charge in [0, 0.05) is 0 Å². The van der Waals surface area contributed by atoms with Crippen molar-refractivity contribution in [3.05, 3.63) is 38.0 Å². The highest BCUT2D eigenvalue weighted by molar-refractivity contribution is 9.10. The molecule has 24 heavy (non-hydrogen) atoms. The van der Waals surface area contributed by atoms with Crippen LogP contribution in [0.5, 0.6) is 0 Å². The minimum atomic E-state index is -4.67. The van der Waals surface area contributed by atoms with E-state index in [2.05, 4.69) is 21.0 Å². The van der Waals surface area contributed by atoms with E-state index in [9.17, 15) is 26.3 Å². The van der Waals surface area contributed by atoms with Crippen LogP contribution in [-0.2, 0) is 6.18 Å². The summed E-state index contributed by atoms with van der Waals surface area (Å²) in [5.74, 6) is 0. The van der Waals surface area contributed by atoms with Gasteiger partial charge in [0.2, 0.25) is 0 Å². The van der Waals surface area contributed by atoms with Crippen LogP contribution in [0.3, 0.4) is 0 Å². The van der Waals surface area contributed by atoms with Gasteiger partial charge < -0.3 is 0 Å². The Balaban J connectivity index is 2.60. The Morgan fingerprint density at radius 2 is 1.58 bits per heavy atom. The van der Waals surface area contributed by atoms with Crippen LogP contribution < -0.4 is 0 Å². The highest BCUT2D eigenvalue weighted by atomic mass is 79.9. The summed E-state index contributed by atoms with van der Waals surface area (Å²) in [5.41, 5.74) is -5.78. The monoisotopic (exact) mass is 472 g/mol. The van der Waals surface area contributed by atoms with Crippen molar-refractivity contribution in [2.24, 2.45) is 0 Å². The van der Waals surface area contributed by atoms with Crippen molar-refractivity contribution in [2.75, 3.05) is 0 Å². The van der Waals surface area contributed by atoms with Gasteiger partial charge in [-0.2, -0.15) is 31.4 Å². The van der Waals surface area contributed by atoms with E-state index < -0.39 is 39.1 Å². The number of benzene rings is 1. The van der Waals surface area contributed by atoms with Gasteiger partial charge in [0.1, 0.15) is 10.3 Å². The van der Waals surface area contributed by atoms with Gasteiger partial charge in [0.05, 0.1) is 26.2 Å². The molecule has 1 heterocycles. The summed E-state index contributed by atoms with van der Waals surface area (Å²) in [6.45, 7) is 1.32. The fraction of sp³-hybridized carbons (Fsp3) is 0.250. The van der Waals surface area contributed by atoms with Gasteiger partial charge in [0.25, 0.3) is 0 Å². The summed E-state index contributed by atoms with van der Waals surface area (Å²) in [5, 5.41) is 3.07. The third kappa shape index (κ3) is 4.14. The maximum Gasteiger partial charge on any atom is 0.446 e. The molecule has 0 N–H and O–H groups in total. The van der Waals surface area contributed by atoms with Crippen LogP contribution in [0.2, 0.25) is 10.0 Å². The molecular weight excluding hydrogens is 469 g/mol. The van der Waals surface area contributed by atoms with Crippen LogP contribution in [0.15, 0.2) is 21.6 Å². The third-order valence-electron chi connectivity index (χ3n) is 2.73. The maximum atomic E-state index is 12.7. The topological polar surface area (TPSA) is 17.8 Å². The molecule has 0 aliphatic heterocycles. The van der Waals surface area contributed by atoms with E-state index in [0.29, 0.717) is 12.1 Å². The molecule has 0 spiro atoms. The van der Waals surface area contributed by atoms with E-state index in [1.165, 1.54) is 6.92 Å². The van der Waals surface area contributed by atoms with Gasteiger partial charge in [-0.3, -0.25) is 0 Å². The number of aromatic nitrogens is 2. The van der Waals surface area contributed by atoms with Gasteiger partial charge >= 0.3 is 11.7 Å². The van der Waals surface area contributed by atoms with Crippen LogP contribution in [0.25, 0.3) is 5.69 Å². The van der Waals surface area contributed by atoms with Gasteiger partial charge in [-0.05, 0) is 46.7 Å². The molecule has 0 saturated carbocycles. The molecule has 0 aliphatic carbocycles. The second-order valence-electron chi connectivity index (χ2n) is 4.45. The predicted octanol–water partition coefficient (Wildman–Crippen LogP) is 6.88. The molecule has 132 valence electrons. The molecule has 0 amide bonds. The lowest BCUT2D eigenvalue weighted by Gasteiger charge is -2.13. The minimum Gasteiger partial charge on any atom is -0.222 e. The number of halogens is 9. The third-order valence-corrected chi connectivity index (χ3v) is 5.22. The molecule has 0 bridgehead atoms. The second kappa shape index (κ2) is 6.62. The number of alkyl halides is 6. The lowest BCUT2D eigenvalue weighted by Crippen LogP contribution is -2.07. The van der Waals surface area contributed by atoms with Crippen molar-refractivity contribution in [1.82, 2.24) is 9.78 Å². The second-order valence-corrected chi connectivity index (χ2v) is 7.09. The fourth-order valence-corrected chi connectivity index (χ4v) is 3.82. The first-order valence-corrected chi connectivity index (χ1v) is 8.25. The Morgan fingerprint density at radius 1 is 1.08 bits per heavy atom. The average Bonchev–Trinajstić information content (AvgIpc) is 2.63. The molecule has 0 saturated heterocycles. The van der Waals surface area contributed by atoms with Crippen molar-refractivity contribution >= 4 is 50.9 Å². The van der Waals surface area contributed by atoms with Crippen molar-refractivity contribution in [3.8, 4) is 5.69 Å². The quantitative estimate of drug-likeness (QED) is 0.349. The van der Waals surface area contributed by atoms with Crippen molar-refractivity contribution in [3.63, 3.8) is 0 Å². The highest BCUT2D eigenvalue weighted by Crippen LogP contribution is 2.44. The lowest BCUT2D eigenvalue weighted by molar-refractivity contribution is -0.137. The summed E-state index contributed by atoms with van der Waals surface area (Å²) in [6, 6.07) is 1.26. The van der Waals surface area contributed by atoms with Gasteiger partial charge in [-0.25, -0.2) is 4.68 Å². The number of hydrogen-bond acceptors (Lipinski definition) is 2. The van der Waals surface area contributed by atoms with Crippen LogP contribution >= 0.6 is 50.9 Å². The van der Waals surface area contributed by atoms with Crippen LogP contribution in [0, 0.1) is 6.92 Å². The summed E-state index contributed by atoms with van der Waals surface area (Å²) < 4.78 is 76.8. The molecule has 1 aromatic carbocycles. The number of nitrogens with zero attached hydrogens (tertiary/aromatic N) is 2. The fourth-order valence-electron chi connectivity index (χ4n) is 1.80. The van der Waals surface area contributed by atoms with Crippen molar-refractivity contribution in [2.45, 2.75) is 23.5 Å². The average molecular weight is 474 g/mol. The normalized spacial score (nSPS) is 12.8. The first-order valence-electron chi connectivity index (χ1n) is 5.88.